The van der Waals surface area contributed by atoms with Crippen molar-refractivity contribution in [3.8, 4) is 11.5 Å². The molecule has 0 spiro atoms. The minimum absolute atomic E-state index is 0.448. The summed E-state index contributed by atoms with van der Waals surface area (Å²) in [5.74, 6) is 1.27. The lowest BCUT2D eigenvalue weighted by Crippen LogP contribution is -1.92. The van der Waals surface area contributed by atoms with E-state index in [1.54, 1.807) is 18.2 Å². The summed E-state index contributed by atoms with van der Waals surface area (Å²) < 4.78 is 5.78. The number of ether oxygens (including phenoxy) is 1. The van der Waals surface area contributed by atoms with Gasteiger partial charge in [-0.1, -0.05) is 23.7 Å². The van der Waals surface area contributed by atoms with Gasteiger partial charge < -0.3 is 4.74 Å². The molecule has 0 aliphatic heterocycles. The molecular formula is C15H13ClO2. The topological polar surface area (TPSA) is 26.3 Å². The molecule has 0 heterocycles. The van der Waals surface area contributed by atoms with Gasteiger partial charge in [0, 0.05) is 5.02 Å². The van der Waals surface area contributed by atoms with Crippen LogP contribution in [0.1, 0.15) is 21.5 Å². The second-order valence-corrected chi connectivity index (χ2v) is 4.61. The van der Waals surface area contributed by atoms with Crippen LogP contribution >= 0.6 is 11.6 Å². The van der Waals surface area contributed by atoms with Crippen LogP contribution in [0.4, 0.5) is 0 Å². The smallest absolute Gasteiger partial charge is 0.153 e. The molecule has 0 bridgehead atoms. The van der Waals surface area contributed by atoms with Crippen LogP contribution in [-0.4, -0.2) is 6.29 Å². The van der Waals surface area contributed by atoms with Crippen molar-refractivity contribution in [2.45, 2.75) is 13.8 Å². The Morgan fingerprint density at radius 3 is 2.56 bits per heavy atom. The number of aldehydes is 1. The van der Waals surface area contributed by atoms with Crippen LogP contribution in [0.15, 0.2) is 36.4 Å². The predicted molar refractivity (Wildman–Crippen MR) is 72.8 cm³/mol. The third-order valence-electron chi connectivity index (χ3n) is 2.66. The minimum Gasteiger partial charge on any atom is -0.456 e. The fourth-order valence-electron chi connectivity index (χ4n) is 1.64. The molecule has 0 aliphatic carbocycles. The van der Waals surface area contributed by atoms with Crippen LogP contribution < -0.4 is 4.74 Å². The van der Waals surface area contributed by atoms with Gasteiger partial charge in [0.1, 0.15) is 11.5 Å². The molecule has 2 aromatic carbocycles. The van der Waals surface area contributed by atoms with E-state index in [9.17, 15) is 4.79 Å². The van der Waals surface area contributed by atoms with Crippen LogP contribution in [0, 0.1) is 13.8 Å². The van der Waals surface area contributed by atoms with Gasteiger partial charge in [0.15, 0.2) is 6.29 Å². The molecule has 3 heteroatoms. The van der Waals surface area contributed by atoms with Gasteiger partial charge in [0.2, 0.25) is 0 Å². The first-order valence-corrected chi connectivity index (χ1v) is 5.98. The van der Waals surface area contributed by atoms with Crippen LogP contribution in [0.5, 0.6) is 11.5 Å². The highest BCUT2D eigenvalue weighted by Crippen LogP contribution is 2.29. The number of halogens is 1. The van der Waals surface area contributed by atoms with E-state index in [4.69, 9.17) is 16.3 Å². The van der Waals surface area contributed by atoms with E-state index in [1.807, 2.05) is 32.0 Å². The van der Waals surface area contributed by atoms with Gasteiger partial charge in [-0.3, -0.25) is 4.79 Å². The van der Waals surface area contributed by atoms with Gasteiger partial charge >= 0.3 is 0 Å². The van der Waals surface area contributed by atoms with Crippen molar-refractivity contribution in [1.29, 1.82) is 0 Å². The lowest BCUT2D eigenvalue weighted by molar-refractivity contribution is 0.112. The highest BCUT2D eigenvalue weighted by molar-refractivity contribution is 6.30. The third-order valence-corrected chi connectivity index (χ3v) is 2.90. The molecule has 2 aromatic rings. The highest BCUT2D eigenvalue weighted by Gasteiger charge is 2.07. The van der Waals surface area contributed by atoms with E-state index in [-0.39, 0.29) is 0 Å². The summed E-state index contributed by atoms with van der Waals surface area (Å²) in [6, 6.07) is 10.9. The number of hydrogen-bond acceptors (Lipinski definition) is 2. The number of carbonyl (C=O) groups excluding carboxylic acids is 1. The Morgan fingerprint density at radius 1 is 1.06 bits per heavy atom. The SMILES string of the molecule is Cc1ccc(C)c(Oc2ccc(Cl)cc2C=O)c1. The van der Waals surface area contributed by atoms with Crippen LogP contribution in [0.2, 0.25) is 5.02 Å². The van der Waals surface area contributed by atoms with Crippen molar-refractivity contribution in [2.24, 2.45) is 0 Å². The number of hydrogen-bond donors (Lipinski definition) is 0. The van der Waals surface area contributed by atoms with Crippen molar-refractivity contribution in [2.75, 3.05) is 0 Å². The normalized spacial score (nSPS) is 10.2. The summed E-state index contributed by atoms with van der Waals surface area (Å²) in [4.78, 5) is 11.0. The van der Waals surface area contributed by atoms with Crippen molar-refractivity contribution >= 4 is 17.9 Å². The monoisotopic (exact) mass is 260 g/mol. The molecular weight excluding hydrogens is 248 g/mol. The third kappa shape index (κ3) is 2.71. The first-order chi connectivity index (χ1) is 8.60. The van der Waals surface area contributed by atoms with Gasteiger partial charge in [0.25, 0.3) is 0 Å². The van der Waals surface area contributed by atoms with Gasteiger partial charge in [-0.15, -0.1) is 0 Å². The summed E-state index contributed by atoms with van der Waals surface area (Å²) in [6.45, 7) is 3.96. The molecule has 0 unspecified atom stereocenters. The Hall–Kier alpha value is -1.80. The summed E-state index contributed by atoms with van der Waals surface area (Å²) >= 11 is 5.84. The quantitative estimate of drug-likeness (QED) is 0.756. The van der Waals surface area contributed by atoms with Gasteiger partial charge in [-0.05, 0) is 49.2 Å². The Morgan fingerprint density at radius 2 is 1.83 bits per heavy atom. The summed E-state index contributed by atoms with van der Waals surface area (Å²) in [7, 11) is 0. The zero-order chi connectivity index (χ0) is 13.1. The maximum absolute atomic E-state index is 11.0. The molecule has 92 valence electrons. The van der Waals surface area contributed by atoms with E-state index in [1.165, 1.54) is 0 Å². The van der Waals surface area contributed by atoms with Crippen molar-refractivity contribution < 1.29 is 9.53 Å². The van der Waals surface area contributed by atoms with Gasteiger partial charge in [-0.25, -0.2) is 0 Å². The number of carbonyl (C=O) groups is 1. The van der Waals surface area contributed by atoms with Crippen molar-refractivity contribution in [3.05, 3.63) is 58.1 Å². The van der Waals surface area contributed by atoms with Crippen LogP contribution in [-0.2, 0) is 0 Å². The molecule has 0 aliphatic rings. The Bertz CT molecular complexity index is 591. The second kappa shape index (κ2) is 5.23. The molecule has 0 amide bonds. The van der Waals surface area contributed by atoms with Crippen molar-refractivity contribution in [1.82, 2.24) is 0 Å². The summed E-state index contributed by atoms with van der Waals surface area (Å²) in [5.41, 5.74) is 2.58. The van der Waals surface area contributed by atoms with Gasteiger partial charge in [-0.2, -0.15) is 0 Å². The molecule has 0 saturated carbocycles. The number of aryl methyl sites for hydroxylation is 2. The van der Waals surface area contributed by atoms with Crippen LogP contribution in [0.3, 0.4) is 0 Å². The largest absolute Gasteiger partial charge is 0.456 e. The average Bonchev–Trinajstić information content (AvgIpc) is 2.36. The first-order valence-electron chi connectivity index (χ1n) is 5.60. The minimum atomic E-state index is 0.448. The molecule has 18 heavy (non-hydrogen) atoms. The molecule has 0 radical (unpaired) electrons. The Balaban J connectivity index is 2.39. The molecule has 0 saturated heterocycles. The van der Waals surface area contributed by atoms with E-state index < -0.39 is 0 Å². The fourth-order valence-corrected chi connectivity index (χ4v) is 1.82. The fraction of sp³-hybridized carbons (Fsp3) is 0.133. The summed E-state index contributed by atoms with van der Waals surface area (Å²) in [5, 5.41) is 0.519. The number of rotatable bonds is 3. The lowest BCUT2D eigenvalue weighted by Gasteiger charge is -2.11. The zero-order valence-electron chi connectivity index (χ0n) is 10.2. The van der Waals surface area contributed by atoms with E-state index >= 15 is 0 Å². The average molecular weight is 261 g/mol. The lowest BCUT2D eigenvalue weighted by atomic mass is 10.1. The van der Waals surface area contributed by atoms with E-state index in [2.05, 4.69) is 0 Å². The van der Waals surface area contributed by atoms with Gasteiger partial charge in [0.05, 0.1) is 5.56 Å². The maximum Gasteiger partial charge on any atom is 0.153 e. The van der Waals surface area contributed by atoms with E-state index in [0.717, 1.165) is 23.2 Å². The van der Waals surface area contributed by atoms with Crippen molar-refractivity contribution in [3.63, 3.8) is 0 Å². The standard InChI is InChI=1S/C15H13ClO2/c1-10-3-4-11(2)15(7-10)18-14-6-5-13(16)8-12(14)9-17/h3-9H,1-2H3. The maximum atomic E-state index is 11.0. The summed E-state index contributed by atoms with van der Waals surface area (Å²) in [6.07, 6.45) is 0.742. The molecule has 0 atom stereocenters. The molecule has 2 nitrogen and oxygen atoms in total. The molecule has 2 rings (SSSR count). The Labute approximate surface area is 111 Å². The predicted octanol–water partition coefficient (Wildman–Crippen LogP) is 4.56. The van der Waals surface area contributed by atoms with E-state index in [0.29, 0.717) is 16.3 Å². The zero-order valence-corrected chi connectivity index (χ0v) is 11.0. The molecule has 0 fully saturated rings. The molecule has 0 N–H and O–H groups in total. The van der Waals surface area contributed by atoms with Crippen LogP contribution in [0.25, 0.3) is 0 Å². The second-order valence-electron chi connectivity index (χ2n) is 4.17. The molecule has 0 aromatic heterocycles. The Kier molecular flexibility index (Phi) is 3.68. The number of benzene rings is 2. The highest BCUT2D eigenvalue weighted by atomic mass is 35.5. The first kappa shape index (κ1) is 12.7.